The van der Waals surface area contributed by atoms with Crippen LogP contribution in [0.15, 0.2) is 41.4 Å². The van der Waals surface area contributed by atoms with Crippen molar-refractivity contribution < 1.29 is 22.4 Å². The molecular weight excluding hydrogens is 491 g/mol. The first kappa shape index (κ1) is 23.7. The Bertz CT molecular complexity index is 831. The smallest absolute Gasteiger partial charge is 0.243 e. The van der Waals surface area contributed by atoms with Crippen molar-refractivity contribution in [2.24, 2.45) is 4.99 Å². The average molecular weight is 510 g/mol. The normalized spacial score (nSPS) is 10.8. The van der Waals surface area contributed by atoms with Crippen molar-refractivity contribution in [3.05, 3.63) is 65.2 Å². The highest BCUT2D eigenvalue weighted by Gasteiger charge is 2.15. The highest BCUT2D eigenvalue weighted by molar-refractivity contribution is 14.0. The van der Waals surface area contributed by atoms with Gasteiger partial charge in [-0.1, -0.05) is 12.1 Å². The third-order valence-corrected chi connectivity index (χ3v) is 3.57. The molecule has 0 heterocycles. The van der Waals surface area contributed by atoms with Gasteiger partial charge in [0.1, 0.15) is 5.82 Å². The Morgan fingerprint density at radius 3 is 2.29 bits per heavy atom. The van der Waals surface area contributed by atoms with Crippen molar-refractivity contribution in [3.63, 3.8) is 0 Å². The van der Waals surface area contributed by atoms with Crippen LogP contribution in [-0.2, 0) is 11.2 Å². The molecular formula is C18H19F4IN4O. The van der Waals surface area contributed by atoms with Crippen LogP contribution in [0.5, 0.6) is 0 Å². The first-order valence-electron chi connectivity index (χ1n) is 8.03. The molecule has 2 aromatic carbocycles. The zero-order valence-corrected chi connectivity index (χ0v) is 17.2. The predicted octanol–water partition coefficient (Wildman–Crippen LogP) is 3.21. The number of amides is 1. The van der Waals surface area contributed by atoms with E-state index < -0.39 is 29.0 Å². The molecule has 2 rings (SSSR count). The van der Waals surface area contributed by atoms with E-state index in [0.29, 0.717) is 18.9 Å². The molecule has 0 radical (unpaired) electrons. The number of halogens is 5. The molecule has 3 N–H and O–H groups in total. The van der Waals surface area contributed by atoms with Crippen LogP contribution >= 0.6 is 24.0 Å². The zero-order chi connectivity index (χ0) is 19.8. The molecule has 0 aliphatic heterocycles. The highest BCUT2D eigenvalue weighted by Crippen LogP contribution is 2.19. The fraction of sp³-hybridized carbons (Fsp3) is 0.222. The second kappa shape index (κ2) is 11.5. The van der Waals surface area contributed by atoms with E-state index in [-0.39, 0.29) is 36.3 Å². The maximum atomic E-state index is 13.5. The molecule has 0 bridgehead atoms. The summed E-state index contributed by atoms with van der Waals surface area (Å²) in [6, 6.07) is 7.71. The van der Waals surface area contributed by atoms with E-state index in [1.807, 2.05) is 0 Å². The number of carbonyl (C=O) groups is 1. The van der Waals surface area contributed by atoms with Gasteiger partial charge in [-0.3, -0.25) is 9.79 Å². The first-order chi connectivity index (χ1) is 12.9. The van der Waals surface area contributed by atoms with Gasteiger partial charge in [0.15, 0.2) is 23.4 Å². The number of hydrogen-bond donors (Lipinski definition) is 3. The van der Waals surface area contributed by atoms with Crippen LogP contribution in [0.2, 0.25) is 0 Å². The molecule has 10 heteroatoms. The van der Waals surface area contributed by atoms with Crippen molar-refractivity contribution in [3.8, 4) is 0 Å². The molecule has 0 saturated heterocycles. The fourth-order valence-corrected chi connectivity index (χ4v) is 2.18. The molecule has 0 aliphatic carbocycles. The zero-order valence-electron chi connectivity index (χ0n) is 14.9. The molecule has 2 aromatic rings. The van der Waals surface area contributed by atoms with Crippen molar-refractivity contribution in [1.29, 1.82) is 0 Å². The summed E-state index contributed by atoms with van der Waals surface area (Å²) in [5.74, 6) is -5.12. The van der Waals surface area contributed by atoms with Gasteiger partial charge < -0.3 is 16.0 Å². The molecule has 0 unspecified atom stereocenters. The number of carbonyl (C=O) groups excluding carboxylic acids is 1. The number of hydrogen-bond acceptors (Lipinski definition) is 2. The summed E-state index contributed by atoms with van der Waals surface area (Å²) in [5, 5.41) is 7.81. The largest absolute Gasteiger partial charge is 0.356 e. The lowest BCUT2D eigenvalue weighted by atomic mass is 10.1. The van der Waals surface area contributed by atoms with Crippen molar-refractivity contribution in [1.82, 2.24) is 10.6 Å². The van der Waals surface area contributed by atoms with Gasteiger partial charge in [0, 0.05) is 13.6 Å². The Morgan fingerprint density at radius 2 is 1.64 bits per heavy atom. The minimum Gasteiger partial charge on any atom is -0.356 e. The number of nitrogens with zero attached hydrogens (tertiary/aromatic N) is 1. The topological polar surface area (TPSA) is 65.5 Å². The van der Waals surface area contributed by atoms with Crippen LogP contribution in [0.3, 0.4) is 0 Å². The SMILES string of the molecule is CN=C(NCCc1ccc(F)cc1)NCC(=O)Nc1ccc(F)c(F)c1F.I. The van der Waals surface area contributed by atoms with Gasteiger partial charge in [-0.25, -0.2) is 17.6 Å². The Hall–Kier alpha value is -2.37. The quantitative estimate of drug-likeness (QED) is 0.184. The van der Waals surface area contributed by atoms with Crippen molar-refractivity contribution in [2.45, 2.75) is 6.42 Å². The molecule has 0 atom stereocenters. The third-order valence-electron chi connectivity index (χ3n) is 3.57. The van der Waals surface area contributed by atoms with Crippen LogP contribution in [0.4, 0.5) is 23.2 Å². The lowest BCUT2D eigenvalue weighted by Gasteiger charge is -2.12. The Balaban J connectivity index is 0.00000392. The van der Waals surface area contributed by atoms with Crippen molar-refractivity contribution in [2.75, 3.05) is 25.5 Å². The standard InChI is InChI=1S/C18H18F4N4O.HI/c1-23-18(24-9-8-11-2-4-12(19)5-3-11)25-10-15(27)26-14-7-6-13(20)16(21)17(14)22;/h2-7H,8-10H2,1H3,(H,26,27)(H2,23,24,25);1H. The van der Waals surface area contributed by atoms with Crippen molar-refractivity contribution >= 4 is 41.5 Å². The molecule has 5 nitrogen and oxygen atoms in total. The Labute approximate surface area is 176 Å². The second-order valence-electron chi connectivity index (χ2n) is 5.50. The van der Waals surface area contributed by atoms with Gasteiger partial charge in [-0.15, -0.1) is 24.0 Å². The molecule has 28 heavy (non-hydrogen) atoms. The molecule has 1 amide bonds. The molecule has 0 aliphatic rings. The van der Waals surface area contributed by atoms with E-state index >= 15 is 0 Å². The van der Waals surface area contributed by atoms with Gasteiger partial charge in [-0.2, -0.15) is 0 Å². The van der Waals surface area contributed by atoms with E-state index in [0.717, 1.165) is 17.7 Å². The number of guanidine groups is 1. The van der Waals surface area contributed by atoms with Gasteiger partial charge in [-0.05, 0) is 36.2 Å². The van der Waals surface area contributed by atoms with Crippen LogP contribution in [0.25, 0.3) is 0 Å². The Morgan fingerprint density at radius 1 is 0.964 bits per heavy atom. The summed E-state index contributed by atoms with van der Waals surface area (Å²) in [6.45, 7) is 0.208. The summed E-state index contributed by atoms with van der Waals surface area (Å²) in [4.78, 5) is 15.8. The average Bonchev–Trinajstić information content (AvgIpc) is 2.66. The lowest BCUT2D eigenvalue weighted by Crippen LogP contribution is -2.42. The summed E-state index contributed by atoms with van der Waals surface area (Å²) in [7, 11) is 1.50. The molecule has 152 valence electrons. The van der Waals surface area contributed by atoms with Gasteiger partial charge in [0.25, 0.3) is 0 Å². The number of rotatable bonds is 6. The maximum absolute atomic E-state index is 13.5. The van der Waals surface area contributed by atoms with Gasteiger partial charge in [0.2, 0.25) is 5.91 Å². The first-order valence-corrected chi connectivity index (χ1v) is 8.03. The van der Waals surface area contributed by atoms with Crippen LogP contribution in [0, 0.1) is 23.3 Å². The third kappa shape index (κ3) is 6.98. The number of aliphatic imine (C=N–C) groups is 1. The predicted molar refractivity (Wildman–Crippen MR) is 110 cm³/mol. The molecule has 0 fully saturated rings. The minimum absolute atomic E-state index is 0. The number of anilines is 1. The molecule has 0 aromatic heterocycles. The number of nitrogens with one attached hydrogen (secondary N) is 3. The fourth-order valence-electron chi connectivity index (χ4n) is 2.18. The van der Waals surface area contributed by atoms with E-state index in [1.54, 1.807) is 12.1 Å². The van der Waals surface area contributed by atoms with Crippen LogP contribution < -0.4 is 16.0 Å². The highest BCUT2D eigenvalue weighted by atomic mass is 127. The van der Waals surface area contributed by atoms with E-state index in [4.69, 9.17) is 0 Å². The number of benzene rings is 2. The summed E-state index contributed by atoms with van der Waals surface area (Å²) < 4.78 is 52.4. The Kier molecular flexibility index (Phi) is 9.69. The minimum atomic E-state index is -1.65. The summed E-state index contributed by atoms with van der Waals surface area (Å²) >= 11 is 0. The van der Waals surface area contributed by atoms with Crippen LogP contribution in [-0.4, -0.2) is 32.0 Å². The van der Waals surface area contributed by atoms with Crippen LogP contribution in [0.1, 0.15) is 5.56 Å². The molecule has 0 saturated carbocycles. The molecule has 0 spiro atoms. The second-order valence-corrected chi connectivity index (χ2v) is 5.50. The lowest BCUT2D eigenvalue weighted by molar-refractivity contribution is -0.115. The van der Waals surface area contributed by atoms with E-state index in [2.05, 4.69) is 20.9 Å². The maximum Gasteiger partial charge on any atom is 0.243 e. The van der Waals surface area contributed by atoms with Gasteiger partial charge in [0.05, 0.1) is 12.2 Å². The summed E-state index contributed by atoms with van der Waals surface area (Å²) in [5.41, 5.74) is 0.464. The van der Waals surface area contributed by atoms with Gasteiger partial charge >= 0.3 is 0 Å². The van der Waals surface area contributed by atoms with E-state index in [9.17, 15) is 22.4 Å². The summed E-state index contributed by atoms with van der Waals surface area (Å²) in [6.07, 6.45) is 0.604. The monoisotopic (exact) mass is 510 g/mol. The van der Waals surface area contributed by atoms with E-state index in [1.165, 1.54) is 19.2 Å².